The minimum atomic E-state index is -0.0572. The highest BCUT2D eigenvalue weighted by Gasteiger charge is 2.38. The fraction of sp³-hybridized carbons (Fsp3) is 0.682. The number of amides is 1. The maximum atomic E-state index is 12.6. The zero-order chi connectivity index (χ0) is 18.9. The molecule has 1 aliphatic heterocycles. The lowest BCUT2D eigenvalue weighted by Crippen LogP contribution is -2.39. The minimum Gasteiger partial charge on any atom is -0.379 e. The molecule has 1 amide bonds. The van der Waals surface area contributed by atoms with E-state index in [1.54, 1.807) is 0 Å². The molecule has 1 aromatic carbocycles. The van der Waals surface area contributed by atoms with Gasteiger partial charge in [0.25, 0.3) is 0 Å². The number of anilines is 1. The molecule has 28 heavy (non-hydrogen) atoms. The molecule has 0 spiro atoms. The summed E-state index contributed by atoms with van der Waals surface area (Å²) in [7, 11) is 0. The number of ether oxygens (including phenoxy) is 2. The van der Waals surface area contributed by atoms with Gasteiger partial charge in [0.1, 0.15) is 0 Å². The van der Waals surface area contributed by atoms with Crippen LogP contribution in [-0.2, 0) is 20.9 Å². The van der Waals surface area contributed by atoms with Gasteiger partial charge in [-0.25, -0.2) is 0 Å². The summed E-state index contributed by atoms with van der Waals surface area (Å²) in [5.41, 5.74) is 1.91. The highest BCUT2D eigenvalue weighted by Crippen LogP contribution is 2.33. The van der Waals surface area contributed by atoms with Gasteiger partial charge in [-0.05, 0) is 49.3 Å². The van der Waals surface area contributed by atoms with Gasteiger partial charge in [-0.2, -0.15) is 0 Å². The summed E-state index contributed by atoms with van der Waals surface area (Å²) in [6.45, 7) is 4.72. The normalized spacial score (nSPS) is 23.7. The molecule has 158 valence electrons. The van der Waals surface area contributed by atoms with E-state index in [2.05, 4.69) is 17.6 Å². The molecule has 1 saturated heterocycles. The van der Waals surface area contributed by atoms with Gasteiger partial charge in [0.15, 0.2) is 0 Å². The second kappa shape index (κ2) is 12.4. The number of fused-ring (bicyclic) bond motifs is 1. The monoisotopic (exact) mass is 410 g/mol. The summed E-state index contributed by atoms with van der Waals surface area (Å²) >= 11 is 0. The van der Waals surface area contributed by atoms with Crippen LogP contribution in [0.15, 0.2) is 24.3 Å². The number of carbonyl (C=O) groups excluding carboxylic acids is 1. The summed E-state index contributed by atoms with van der Waals surface area (Å²) in [6, 6.07) is 8.41. The summed E-state index contributed by atoms with van der Waals surface area (Å²) in [5.74, 6) is 0.764. The van der Waals surface area contributed by atoms with Crippen molar-refractivity contribution < 1.29 is 14.3 Å². The van der Waals surface area contributed by atoms with E-state index >= 15 is 0 Å². The predicted molar refractivity (Wildman–Crippen MR) is 115 cm³/mol. The fourth-order valence-corrected chi connectivity index (χ4v) is 4.15. The summed E-state index contributed by atoms with van der Waals surface area (Å²) in [5, 5.41) is 6.62. The number of benzene rings is 1. The van der Waals surface area contributed by atoms with E-state index < -0.39 is 0 Å². The van der Waals surface area contributed by atoms with Gasteiger partial charge < -0.3 is 20.1 Å². The SMILES string of the molecule is CCCCOCCOCc1cccc(NC(=O)C2CC3CCCCC3N2)c1.Cl. The van der Waals surface area contributed by atoms with Crippen molar-refractivity contribution in [2.24, 2.45) is 5.92 Å². The first-order chi connectivity index (χ1) is 13.3. The van der Waals surface area contributed by atoms with Crippen LogP contribution in [0.5, 0.6) is 0 Å². The van der Waals surface area contributed by atoms with Crippen LogP contribution in [-0.4, -0.2) is 37.8 Å². The maximum Gasteiger partial charge on any atom is 0.241 e. The Labute approximate surface area is 175 Å². The van der Waals surface area contributed by atoms with Crippen molar-refractivity contribution in [2.75, 3.05) is 25.1 Å². The Hall–Kier alpha value is -1.14. The number of nitrogens with one attached hydrogen (secondary N) is 2. The van der Waals surface area contributed by atoms with Crippen LogP contribution in [0.2, 0.25) is 0 Å². The van der Waals surface area contributed by atoms with Crippen molar-refractivity contribution in [1.82, 2.24) is 5.32 Å². The van der Waals surface area contributed by atoms with E-state index in [9.17, 15) is 4.79 Å². The highest BCUT2D eigenvalue weighted by atomic mass is 35.5. The lowest BCUT2D eigenvalue weighted by molar-refractivity contribution is -0.117. The van der Waals surface area contributed by atoms with E-state index in [4.69, 9.17) is 9.47 Å². The van der Waals surface area contributed by atoms with E-state index in [1.165, 1.54) is 25.7 Å². The van der Waals surface area contributed by atoms with E-state index in [1.807, 2.05) is 24.3 Å². The lowest BCUT2D eigenvalue weighted by atomic mass is 9.85. The third-order valence-electron chi connectivity index (χ3n) is 5.66. The molecule has 2 N–H and O–H groups in total. The molecule has 0 radical (unpaired) electrons. The van der Waals surface area contributed by atoms with E-state index in [0.717, 1.165) is 37.1 Å². The molecule has 0 bridgehead atoms. The van der Waals surface area contributed by atoms with Gasteiger partial charge in [-0.3, -0.25) is 4.79 Å². The number of carbonyl (C=O) groups is 1. The molecule has 3 atom stereocenters. The van der Waals surface area contributed by atoms with Gasteiger partial charge >= 0.3 is 0 Å². The molecule has 3 rings (SSSR count). The zero-order valence-corrected chi connectivity index (χ0v) is 17.8. The Bertz CT molecular complexity index is 585. The molecule has 1 aliphatic carbocycles. The van der Waals surface area contributed by atoms with Crippen molar-refractivity contribution in [1.29, 1.82) is 0 Å². The molecule has 5 nitrogen and oxygen atoms in total. The van der Waals surface area contributed by atoms with Crippen LogP contribution >= 0.6 is 12.4 Å². The highest BCUT2D eigenvalue weighted by molar-refractivity contribution is 5.95. The molecular weight excluding hydrogens is 376 g/mol. The van der Waals surface area contributed by atoms with Crippen molar-refractivity contribution in [3.05, 3.63) is 29.8 Å². The average Bonchev–Trinajstić information content (AvgIpc) is 3.12. The van der Waals surface area contributed by atoms with Crippen LogP contribution in [0, 0.1) is 5.92 Å². The predicted octanol–water partition coefficient (Wildman–Crippen LogP) is 4.30. The molecule has 1 saturated carbocycles. The van der Waals surface area contributed by atoms with Gasteiger partial charge in [-0.15, -0.1) is 12.4 Å². The van der Waals surface area contributed by atoms with Crippen LogP contribution in [0.4, 0.5) is 5.69 Å². The van der Waals surface area contributed by atoms with Crippen LogP contribution in [0.1, 0.15) is 57.4 Å². The fourth-order valence-electron chi connectivity index (χ4n) is 4.15. The Kier molecular flexibility index (Phi) is 10.3. The largest absolute Gasteiger partial charge is 0.379 e. The number of hydrogen-bond acceptors (Lipinski definition) is 4. The molecule has 1 heterocycles. The van der Waals surface area contributed by atoms with Gasteiger partial charge in [-0.1, -0.05) is 38.3 Å². The molecule has 0 aromatic heterocycles. The number of unbranched alkanes of at least 4 members (excludes halogenated alkanes) is 1. The molecule has 6 heteroatoms. The summed E-state index contributed by atoms with van der Waals surface area (Å²) in [6.07, 6.45) is 8.28. The summed E-state index contributed by atoms with van der Waals surface area (Å²) < 4.78 is 11.2. The molecule has 1 aromatic rings. The Morgan fingerprint density at radius 1 is 1.18 bits per heavy atom. The van der Waals surface area contributed by atoms with E-state index in [0.29, 0.717) is 31.8 Å². The van der Waals surface area contributed by atoms with Crippen LogP contribution < -0.4 is 10.6 Å². The van der Waals surface area contributed by atoms with Crippen molar-refractivity contribution in [3.63, 3.8) is 0 Å². The quantitative estimate of drug-likeness (QED) is 0.564. The third-order valence-corrected chi connectivity index (χ3v) is 5.66. The average molecular weight is 411 g/mol. The molecule has 2 aliphatic rings. The smallest absolute Gasteiger partial charge is 0.241 e. The van der Waals surface area contributed by atoms with Crippen molar-refractivity contribution in [2.45, 2.75) is 70.6 Å². The van der Waals surface area contributed by atoms with Gasteiger partial charge in [0.2, 0.25) is 5.91 Å². The topological polar surface area (TPSA) is 59.6 Å². The minimum absolute atomic E-state index is 0. The second-order valence-corrected chi connectivity index (χ2v) is 7.81. The second-order valence-electron chi connectivity index (χ2n) is 7.81. The molecule has 2 fully saturated rings. The first-order valence-electron chi connectivity index (χ1n) is 10.6. The first kappa shape index (κ1) is 23.1. The van der Waals surface area contributed by atoms with Crippen molar-refractivity contribution >= 4 is 24.0 Å². The maximum absolute atomic E-state index is 12.6. The molecular formula is C22H35ClN2O3. The number of halogens is 1. The van der Waals surface area contributed by atoms with Crippen LogP contribution in [0.3, 0.4) is 0 Å². The first-order valence-corrected chi connectivity index (χ1v) is 10.6. The third kappa shape index (κ3) is 7.03. The molecule has 3 unspecified atom stereocenters. The standard InChI is InChI=1S/C22H34N2O3.ClH/c1-2-3-11-26-12-13-27-16-17-7-6-9-19(14-17)23-22(25)21-15-18-8-4-5-10-20(18)24-21;/h6-7,9,14,18,20-21,24H,2-5,8,10-13,15-16H2,1H3,(H,23,25);1H. The van der Waals surface area contributed by atoms with E-state index in [-0.39, 0.29) is 24.4 Å². The Balaban J connectivity index is 0.00000280. The lowest BCUT2D eigenvalue weighted by Gasteiger charge is -2.24. The number of hydrogen-bond donors (Lipinski definition) is 2. The van der Waals surface area contributed by atoms with Gasteiger partial charge in [0, 0.05) is 18.3 Å². The number of rotatable bonds is 10. The Morgan fingerprint density at radius 3 is 2.82 bits per heavy atom. The Morgan fingerprint density at radius 2 is 2.00 bits per heavy atom. The van der Waals surface area contributed by atoms with Crippen LogP contribution in [0.25, 0.3) is 0 Å². The summed E-state index contributed by atoms with van der Waals surface area (Å²) in [4.78, 5) is 12.6. The van der Waals surface area contributed by atoms with Gasteiger partial charge in [0.05, 0.1) is 25.9 Å². The van der Waals surface area contributed by atoms with Crippen molar-refractivity contribution in [3.8, 4) is 0 Å². The zero-order valence-electron chi connectivity index (χ0n) is 17.0.